The van der Waals surface area contributed by atoms with Gasteiger partial charge in [0.25, 0.3) is 0 Å². The third-order valence-corrected chi connectivity index (χ3v) is 23.1. The molecular formula is C129H110Ir4N12O4-8. The molecule has 0 aliphatic heterocycles. The van der Waals surface area contributed by atoms with Crippen LogP contribution in [0.5, 0.6) is 0 Å². The molecule has 0 unspecified atom stereocenters. The second-order valence-electron chi connectivity index (χ2n) is 33.0. The molecule has 0 spiro atoms. The van der Waals surface area contributed by atoms with Gasteiger partial charge in [-0.3, -0.25) is 0 Å². The van der Waals surface area contributed by atoms with E-state index in [1.165, 1.54) is 95.3 Å². The van der Waals surface area contributed by atoms with Gasteiger partial charge in [-0.05, 0) is 254 Å². The molecule has 16 nitrogen and oxygen atoms in total. The van der Waals surface area contributed by atoms with E-state index < -0.39 is 73.5 Å². The monoisotopic (exact) mass is 2690 g/mol. The van der Waals surface area contributed by atoms with Gasteiger partial charge in [-0.15, -0.1) is 216 Å². The molecule has 24 aromatic rings. The summed E-state index contributed by atoms with van der Waals surface area (Å²) in [6.07, 6.45) is 3.79. The van der Waals surface area contributed by atoms with Crippen molar-refractivity contribution in [3.05, 3.63) is 454 Å². The number of hydrogen-bond donors (Lipinski definition) is 0. The fraction of sp³-hybridized carbons (Fsp3) is 0.163. The van der Waals surface area contributed by atoms with Crippen LogP contribution in [0.25, 0.3) is 178 Å². The number of pyridine rings is 12. The van der Waals surface area contributed by atoms with Crippen LogP contribution >= 0.6 is 0 Å². The summed E-state index contributed by atoms with van der Waals surface area (Å²) in [5.41, 5.74) is 20.0. The van der Waals surface area contributed by atoms with E-state index in [0.717, 1.165) is 122 Å². The Morgan fingerprint density at radius 1 is 0.235 bits per heavy atom. The molecule has 0 fully saturated rings. The summed E-state index contributed by atoms with van der Waals surface area (Å²) in [4.78, 5) is 51.6. The van der Waals surface area contributed by atoms with Crippen molar-refractivity contribution in [3.8, 4) is 90.1 Å². The standard InChI is InChI=1S/4C20H17N2O.2C13H12N.C12H10N.C11H8N.4Ir/c1-4-14-10-18(21-11-12(14)2)17-7-5-6-15-16-9-8-13(3)22-20(16)23-19(15)17;3*1-4-14-11-21-18(10-12(14)2)17-7-5-6-15-16-9-8-13(3)22-20(16)23-19(15)17;2*1-10-8-13(14-9-11(10)2)12-6-4-3-5-7-12;1-10-7-8-12(13-9-10)11-5-3-2-4-6-11;1-2-6-10(7-3-1)11-8-4-5-9-12-11;;;;/h4*5-6,8-11H,4H2,1-3H3;2*3-6,8-9H,1-2H3;2-5,7-9H,1H3;1-6,8-9H;;;;/q8*-1;;;;/i4*2D3,4D2;2*2D3;1D3;;;;;. The summed E-state index contributed by atoms with van der Waals surface area (Å²) >= 11 is 0. The zero-order valence-electron chi connectivity index (χ0n) is 111. The van der Waals surface area contributed by atoms with Gasteiger partial charge < -0.3 is 57.5 Å². The number of hydrogen-bond acceptors (Lipinski definition) is 16. The van der Waals surface area contributed by atoms with Crippen molar-refractivity contribution in [2.75, 3.05) is 0 Å². The van der Waals surface area contributed by atoms with Crippen molar-refractivity contribution in [1.82, 2.24) is 59.8 Å². The zero-order valence-corrected chi connectivity index (χ0v) is 91.4. The second kappa shape index (κ2) is 52.3. The molecule has 0 saturated heterocycles. The molecule has 0 saturated carbocycles. The molecule has 8 aromatic carbocycles. The fourth-order valence-electron chi connectivity index (χ4n) is 15.5. The molecule has 0 amide bonds. The Morgan fingerprint density at radius 3 is 0.819 bits per heavy atom. The van der Waals surface area contributed by atoms with E-state index in [0.29, 0.717) is 101 Å². The molecule has 16 aromatic heterocycles. The van der Waals surface area contributed by atoms with Gasteiger partial charge >= 0.3 is 0 Å². The van der Waals surface area contributed by atoms with Crippen molar-refractivity contribution in [2.24, 2.45) is 0 Å². The van der Waals surface area contributed by atoms with E-state index in [9.17, 15) is 0 Å². The Bertz CT molecular complexity index is 9070. The van der Waals surface area contributed by atoms with Crippen LogP contribution in [0, 0.1) is 138 Å². The van der Waals surface area contributed by atoms with Crippen LogP contribution in [-0.4, -0.2) is 59.8 Å². The molecule has 0 aliphatic rings. The van der Waals surface area contributed by atoms with E-state index in [1.54, 1.807) is 74.6 Å². The van der Waals surface area contributed by atoms with E-state index in [2.05, 4.69) is 108 Å². The van der Waals surface area contributed by atoms with E-state index in [-0.39, 0.29) is 130 Å². The molecule has 0 N–H and O–H groups in total. The molecule has 24 rings (SSSR count). The molecule has 4 radical (unpaired) electrons. The molecule has 16 heterocycles. The maximum atomic E-state index is 8.07. The third kappa shape index (κ3) is 26.7. The Balaban J connectivity index is 0.000000167. The van der Waals surface area contributed by atoms with Crippen LogP contribution in [-0.2, 0) is 106 Å². The predicted molar refractivity (Wildman–Crippen MR) is 587 cm³/mol. The van der Waals surface area contributed by atoms with Gasteiger partial charge in [0, 0.05) is 214 Å². The normalized spacial score (nSPS) is 14.5. The van der Waals surface area contributed by atoms with Gasteiger partial charge in [0.1, 0.15) is 0 Å². The number of nitrogens with zero attached hydrogens (tertiary/aromatic N) is 12. The third-order valence-electron chi connectivity index (χ3n) is 23.1. The summed E-state index contributed by atoms with van der Waals surface area (Å²) in [5, 5.41) is 6.78. The van der Waals surface area contributed by atoms with Crippen LogP contribution in [0.15, 0.2) is 328 Å². The van der Waals surface area contributed by atoms with Crippen molar-refractivity contribution >= 4 is 88.3 Å². The molecule has 754 valence electrons. The Hall–Kier alpha value is -14.6. The average Bonchev–Trinajstić information content (AvgIpc) is 1.53. The van der Waals surface area contributed by atoms with Gasteiger partial charge in [0.15, 0.2) is 0 Å². The van der Waals surface area contributed by atoms with Crippen LogP contribution in [0.4, 0.5) is 0 Å². The second-order valence-corrected chi connectivity index (χ2v) is 33.0. The van der Waals surface area contributed by atoms with Gasteiger partial charge in [-0.25, -0.2) is 19.9 Å². The fourth-order valence-corrected chi connectivity index (χ4v) is 15.5. The van der Waals surface area contributed by atoms with E-state index in [1.807, 2.05) is 210 Å². The zero-order chi connectivity index (χ0) is 126. The van der Waals surface area contributed by atoms with Gasteiger partial charge in [0.05, 0.1) is 22.3 Å². The summed E-state index contributed by atoms with van der Waals surface area (Å²) in [7, 11) is 0. The minimum Gasteiger partial charge on any atom is -0.486 e. The summed E-state index contributed by atoms with van der Waals surface area (Å²) < 4.78 is 247. The minimum absolute atomic E-state index is 0. The van der Waals surface area contributed by atoms with Gasteiger partial charge in [-0.1, -0.05) is 166 Å². The van der Waals surface area contributed by atoms with Crippen LogP contribution in [0.2, 0.25) is 0 Å². The first-order valence-electron chi connectivity index (χ1n) is 60.3. The van der Waals surface area contributed by atoms with Crippen LogP contribution in [0.1, 0.15) is 163 Å². The van der Waals surface area contributed by atoms with E-state index in [4.69, 9.17) is 57.4 Å². The number of rotatable bonds is 12. The smallest absolute Gasteiger partial charge is 0.216 e. The molecule has 0 bridgehead atoms. The maximum absolute atomic E-state index is 8.07. The average molecular weight is 2690 g/mol. The van der Waals surface area contributed by atoms with Crippen molar-refractivity contribution in [3.63, 3.8) is 0 Å². The van der Waals surface area contributed by atoms with Gasteiger partial charge in [0.2, 0.25) is 22.9 Å². The quantitative estimate of drug-likeness (QED) is 0.104. The number of aromatic nitrogens is 12. The first kappa shape index (κ1) is 77.7. The Kier molecular flexibility index (Phi) is 27.3. The summed E-state index contributed by atoms with van der Waals surface area (Å²) in [6, 6.07) is 103. The Morgan fingerprint density at radius 2 is 0.530 bits per heavy atom. The molecule has 0 aliphatic carbocycles. The van der Waals surface area contributed by atoms with Crippen molar-refractivity contribution < 1.29 is 138 Å². The van der Waals surface area contributed by atoms with Crippen LogP contribution < -0.4 is 0 Å². The SMILES string of the molecule is [2H]C([2H])([2H])c1cc(-c2[c-]ccc3c2oc2nc(C)ccc23)ncc1C([2H])([2H])C.[2H]C([2H])([2H])c1cc(-c2[c-]ccc3c2oc2nc(C)ccc23)ncc1C([2H])([2H])C.[2H]C([2H])([2H])c1cc(-c2[c-]ccc3c2oc2nc(C)ccc23)ncc1C([2H])([2H])C.[2H]C([2H])([2H])c1ccc(-c2[c-]cccc2)nc1.[2H]C([2H])([2H])c1cnc(-c2[c-]ccc3c2oc2nc(C)ccc23)cc1C([2H])([2H])C.[2H]C([2H])([2H])c1cnc(-c2[c-]cccc2)cc1C.[2H]C([2H])([2H])c1cnc(-c2[c-]cccc2)cc1C.[Ir].[Ir].[Ir].[Ir].[c-]1ccccc1-c1ccccn1. The molecule has 149 heavy (non-hydrogen) atoms. The first-order chi connectivity index (χ1) is 81.7. The molecular weight excluding hydrogens is 2550 g/mol. The van der Waals surface area contributed by atoms with E-state index >= 15 is 0 Å². The summed E-state index contributed by atoms with van der Waals surface area (Å²) in [5.74, 6) is 0. The van der Waals surface area contributed by atoms with Gasteiger partial charge in [-0.2, -0.15) is 0 Å². The number of benzene rings is 8. The maximum Gasteiger partial charge on any atom is 0.216 e. The predicted octanol–water partition coefficient (Wildman–Crippen LogP) is 31.8. The van der Waals surface area contributed by atoms with Crippen LogP contribution in [0.3, 0.4) is 0 Å². The Labute approximate surface area is 966 Å². The van der Waals surface area contributed by atoms with Crippen molar-refractivity contribution in [2.45, 2.75) is 143 Å². The molecule has 20 heteroatoms. The number of furan rings is 4. The minimum atomic E-state index is -2.48. The largest absolute Gasteiger partial charge is 0.486 e. The molecule has 0 atom stereocenters. The topological polar surface area (TPSA) is 207 Å². The summed E-state index contributed by atoms with van der Waals surface area (Å²) in [6.45, 7) is 0.194. The first-order valence-corrected chi connectivity index (χ1v) is 45.8. The number of fused-ring (bicyclic) bond motifs is 12. The van der Waals surface area contributed by atoms with Crippen molar-refractivity contribution in [1.29, 1.82) is 0 Å². The number of aryl methyl sites for hydroxylation is 17.